The SMILES string of the molecule is Cc1ccnc(NC(=O)C(=O)NCCN)c1. The van der Waals surface area contributed by atoms with Gasteiger partial charge < -0.3 is 16.4 Å². The highest BCUT2D eigenvalue weighted by Crippen LogP contribution is 2.04. The van der Waals surface area contributed by atoms with Crippen LogP contribution >= 0.6 is 0 Å². The van der Waals surface area contributed by atoms with Crippen LogP contribution in [0.15, 0.2) is 18.3 Å². The smallest absolute Gasteiger partial charge is 0.314 e. The fourth-order valence-corrected chi connectivity index (χ4v) is 1.04. The predicted octanol–water partition coefficient (Wildman–Crippen LogP) is -0.597. The van der Waals surface area contributed by atoms with Gasteiger partial charge in [0.15, 0.2) is 0 Å². The number of aryl methyl sites for hydroxylation is 1. The molecule has 0 aromatic carbocycles. The van der Waals surface area contributed by atoms with Crippen LogP contribution in [0.4, 0.5) is 5.82 Å². The lowest BCUT2D eigenvalue weighted by atomic mass is 10.3. The number of carbonyl (C=O) groups is 2. The molecule has 0 aliphatic rings. The van der Waals surface area contributed by atoms with Gasteiger partial charge in [-0.1, -0.05) is 0 Å². The Morgan fingerprint density at radius 1 is 1.44 bits per heavy atom. The molecule has 16 heavy (non-hydrogen) atoms. The van der Waals surface area contributed by atoms with Gasteiger partial charge in [0.1, 0.15) is 5.82 Å². The largest absolute Gasteiger partial charge is 0.347 e. The van der Waals surface area contributed by atoms with Crippen LogP contribution in [0.1, 0.15) is 5.56 Å². The molecule has 1 heterocycles. The van der Waals surface area contributed by atoms with E-state index in [-0.39, 0.29) is 6.54 Å². The molecule has 86 valence electrons. The quantitative estimate of drug-likeness (QED) is 0.595. The van der Waals surface area contributed by atoms with Gasteiger partial charge in [-0.05, 0) is 24.6 Å². The van der Waals surface area contributed by atoms with Gasteiger partial charge in [0.25, 0.3) is 0 Å². The molecule has 1 rings (SSSR count). The zero-order valence-electron chi connectivity index (χ0n) is 8.99. The minimum Gasteiger partial charge on any atom is -0.347 e. The molecule has 0 bridgehead atoms. The van der Waals surface area contributed by atoms with Crippen molar-refractivity contribution in [1.82, 2.24) is 10.3 Å². The van der Waals surface area contributed by atoms with Crippen LogP contribution in [-0.2, 0) is 9.59 Å². The number of hydrogen-bond donors (Lipinski definition) is 3. The summed E-state index contributed by atoms with van der Waals surface area (Å²) in [5.41, 5.74) is 6.14. The lowest BCUT2D eigenvalue weighted by molar-refractivity contribution is -0.136. The summed E-state index contributed by atoms with van der Waals surface area (Å²) in [5, 5.41) is 4.75. The number of nitrogens with two attached hydrogens (primary N) is 1. The number of carbonyl (C=O) groups excluding carboxylic acids is 2. The first kappa shape index (κ1) is 12.1. The second-order valence-corrected chi connectivity index (χ2v) is 3.22. The van der Waals surface area contributed by atoms with Gasteiger partial charge in [0.05, 0.1) is 0 Å². The summed E-state index contributed by atoms with van der Waals surface area (Å²) in [6, 6.07) is 3.47. The number of aromatic nitrogens is 1. The summed E-state index contributed by atoms with van der Waals surface area (Å²) in [6.45, 7) is 2.43. The van der Waals surface area contributed by atoms with Gasteiger partial charge in [-0.25, -0.2) is 4.98 Å². The van der Waals surface area contributed by atoms with Crippen LogP contribution in [0.3, 0.4) is 0 Å². The number of nitrogens with zero attached hydrogens (tertiary/aromatic N) is 1. The Bertz CT molecular complexity index is 392. The molecular weight excluding hydrogens is 208 g/mol. The Hall–Kier alpha value is -1.95. The lowest BCUT2D eigenvalue weighted by Crippen LogP contribution is -2.38. The Balaban J connectivity index is 2.54. The van der Waals surface area contributed by atoms with E-state index in [1.54, 1.807) is 18.3 Å². The van der Waals surface area contributed by atoms with Gasteiger partial charge in [-0.15, -0.1) is 0 Å². The summed E-state index contributed by atoms with van der Waals surface area (Å²) in [7, 11) is 0. The van der Waals surface area contributed by atoms with E-state index in [2.05, 4.69) is 15.6 Å². The topological polar surface area (TPSA) is 97.1 Å². The third-order valence-corrected chi connectivity index (χ3v) is 1.79. The van der Waals surface area contributed by atoms with Crippen molar-refractivity contribution in [3.63, 3.8) is 0 Å². The van der Waals surface area contributed by atoms with Crippen molar-refractivity contribution in [2.45, 2.75) is 6.92 Å². The standard InChI is InChI=1S/C10H14N4O2/c1-7-2-4-12-8(6-7)14-10(16)9(15)13-5-3-11/h2,4,6H,3,5,11H2,1H3,(H,13,15)(H,12,14,16). The van der Waals surface area contributed by atoms with E-state index in [1.165, 1.54) is 0 Å². The molecule has 1 aromatic rings. The first-order chi connectivity index (χ1) is 7.63. The Morgan fingerprint density at radius 2 is 2.19 bits per heavy atom. The number of nitrogens with one attached hydrogen (secondary N) is 2. The van der Waals surface area contributed by atoms with Gasteiger partial charge in [-0.3, -0.25) is 9.59 Å². The number of amides is 2. The molecule has 0 fully saturated rings. The first-order valence-corrected chi connectivity index (χ1v) is 4.85. The maximum absolute atomic E-state index is 11.3. The van der Waals surface area contributed by atoms with Crippen molar-refractivity contribution < 1.29 is 9.59 Å². The van der Waals surface area contributed by atoms with Gasteiger partial charge in [-0.2, -0.15) is 0 Å². The molecule has 0 spiro atoms. The number of hydrogen-bond acceptors (Lipinski definition) is 4. The third-order valence-electron chi connectivity index (χ3n) is 1.79. The van der Waals surface area contributed by atoms with Crippen molar-refractivity contribution in [3.8, 4) is 0 Å². The maximum atomic E-state index is 11.3. The molecule has 0 saturated heterocycles. The predicted molar refractivity (Wildman–Crippen MR) is 59.7 cm³/mol. The summed E-state index contributed by atoms with van der Waals surface area (Å²) in [4.78, 5) is 26.4. The third kappa shape index (κ3) is 3.66. The van der Waals surface area contributed by atoms with Crippen molar-refractivity contribution in [2.24, 2.45) is 5.73 Å². The van der Waals surface area contributed by atoms with Gasteiger partial charge in [0.2, 0.25) is 0 Å². The summed E-state index contributed by atoms with van der Waals surface area (Å²) in [6.07, 6.45) is 1.56. The van der Waals surface area contributed by atoms with E-state index < -0.39 is 11.8 Å². The fourth-order valence-electron chi connectivity index (χ4n) is 1.04. The normalized spacial score (nSPS) is 9.62. The molecule has 6 nitrogen and oxygen atoms in total. The van der Waals surface area contributed by atoms with E-state index in [1.807, 2.05) is 6.92 Å². The summed E-state index contributed by atoms with van der Waals surface area (Å²) < 4.78 is 0. The van der Waals surface area contributed by atoms with Crippen LogP contribution in [0.25, 0.3) is 0 Å². The van der Waals surface area contributed by atoms with Crippen LogP contribution in [-0.4, -0.2) is 29.9 Å². The summed E-state index contributed by atoms with van der Waals surface area (Å²) >= 11 is 0. The second-order valence-electron chi connectivity index (χ2n) is 3.22. The summed E-state index contributed by atoms with van der Waals surface area (Å²) in [5.74, 6) is -1.10. The second kappa shape index (κ2) is 5.82. The molecule has 1 aromatic heterocycles. The zero-order chi connectivity index (χ0) is 12.0. The van der Waals surface area contributed by atoms with E-state index >= 15 is 0 Å². The van der Waals surface area contributed by atoms with Crippen LogP contribution in [0, 0.1) is 6.92 Å². The minimum atomic E-state index is -0.744. The van der Waals surface area contributed by atoms with E-state index in [0.29, 0.717) is 12.4 Å². The number of pyridine rings is 1. The van der Waals surface area contributed by atoms with Crippen molar-refractivity contribution in [2.75, 3.05) is 18.4 Å². The van der Waals surface area contributed by atoms with E-state index in [4.69, 9.17) is 5.73 Å². The molecular formula is C10H14N4O2. The average Bonchev–Trinajstić information content (AvgIpc) is 2.25. The molecule has 2 amide bonds. The number of anilines is 1. The van der Waals surface area contributed by atoms with E-state index in [9.17, 15) is 9.59 Å². The highest BCUT2D eigenvalue weighted by atomic mass is 16.2. The van der Waals surface area contributed by atoms with Gasteiger partial charge in [0, 0.05) is 19.3 Å². The minimum absolute atomic E-state index is 0.271. The molecule has 0 unspecified atom stereocenters. The van der Waals surface area contributed by atoms with E-state index in [0.717, 1.165) is 5.56 Å². The Labute approximate surface area is 93.2 Å². The zero-order valence-corrected chi connectivity index (χ0v) is 8.99. The molecule has 0 radical (unpaired) electrons. The van der Waals surface area contributed by atoms with Crippen molar-refractivity contribution in [3.05, 3.63) is 23.9 Å². The van der Waals surface area contributed by atoms with Crippen molar-refractivity contribution >= 4 is 17.6 Å². The maximum Gasteiger partial charge on any atom is 0.314 e. The molecule has 0 atom stereocenters. The monoisotopic (exact) mass is 222 g/mol. The molecule has 6 heteroatoms. The lowest BCUT2D eigenvalue weighted by Gasteiger charge is -2.05. The molecule has 0 aliphatic heterocycles. The van der Waals surface area contributed by atoms with Crippen molar-refractivity contribution in [1.29, 1.82) is 0 Å². The number of rotatable bonds is 3. The first-order valence-electron chi connectivity index (χ1n) is 4.85. The van der Waals surface area contributed by atoms with Crippen LogP contribution in [0.5, 0.6) is 0 Å². The highest BCUT2D eigenvalue weighted by molar-refractivity contribution is 6.39. The van der Waals surface area contributed by atoms with Crippen LogP contribution < -0.4 is 16.4 Å². The fraction of sp³-hybridized carbons (Fsp3) is 0.300. The Kier molecular flexibility index (Phi) is 4.41. The van der Waals surface area contributed by atoms with Gasteiger partial charge >= 0.3 is 11.8 Å². The highest BCUT2D eigenvalue weighted by Gasteiger charge is 2.12. The Morgan fingerprint density at radius 3 is 2.81 bits per heavy atom. The molecule has 0 aliphatic carbocycles. The van der Waals surface area contributed by atoms with Crippen LogP contribution in [0.2, 0.25) is 0 Å². The molecule has 4 N–H and O–H groups in total. The average molecular weight is 222 g/mol. The molecule has 0 saturated carbocycles.